The van der Waals surface area contributed by atoms with Crippen LogP contribution in [0.5, 0.6) is 23.0 Å². The molecule has 0 N–H and O–H groups in total. The molecule has 0 saturated heterocycles. The molecular formula is C18H21B11O2. The van der Waals surface area contributed by atoms with Gasteiger partial charge >= 0.3 is 0 Å². The lowest BCUT2D eigenvalue weighted by Gasteiger charge is -2.39. The number of benzene rings is 3. The van der Waals surface area contributed by atoms with Crippen molar-refractivity contribution in [2.24, 2.45) is 0 Å². The predicted octanol–water partition coefficient (Wildman–Crippen LogP) is -15.0. The van der Waals surface area contributed by atoms with E-state index in [4.69, 9.17) is 9.47 Å². The predicted molar refractivity (Wildman–Crippen MR) is 166 cm³/mol. The van der Waals surface area contributed by atoms with Gasteiger partial charge in [-0.25, -0.2) is 0 Å². The third kappa shape index (κ3) is 2.55. The average molecular weight is 388 g/mol. The van der Waals surface area contributed by atoms with Crippen LogP contribution in [0.25, 0.3) is 0 Å². The van der Waals surface area contributed by atoms with Crippen LogP contribution in [0.2, 0.25) is 0 Å². The van der Waals surface area contributed by atoms with Gasteiger partial charge in [0.1, 0.15) is 101 Å². The highest BCUT2D eigenvalue weighted by atomic mass is 16.5. The molecule has 0 atom stereocenters. The maximum atomic E-state index is 6.77. The lowest BCUT2D eigenvalue weighted by molar-refractivity contribution is 0.474. The van der Waals surface area contributed by atoms with Crippen LogP contribution in [0.4, 0.5) is 0 Å². The molecule has 2 aliphatic rings. The molecule has 2 aliphatic heterocycles. The highest BCUT2D eigenvalue weighted by Crippen LogP contribution is 2.28. The van der Waals surface area contributed by atoms with Crippen molar-refractivity contribution in [2.75, 3.05) is 0 Å². The van der Waals surface area contributed by atoms with Crippen molar-refractivity contribution in [3.05, 3.63) is 6.07 Å². The average Bonchev–Trinajstić information content (AvgIpc) is 2.75. The third-order valence-corrected chi connectivity index (χ3v) is 8.28. The molecule has 2 nitrogen and oxygen atoms in total. The monoisotopic (exact) mass is 390 g/mol. The van der Waals surface area contributed by atoms with E-state index in [9.17, 15) is 0 Å². The van der Waals surface area contributed by atoms with E-state index in [1.807, 2.05) is 0 Å². The zero-order chi connectivity index (χ0) is 22.5. The van der Waals surface area contributed by atoms with Crippen LogP contribution in [0.15, 0.2) is 6.07 Å². The quantitative estimate of drug-likeness (QED) is 0.246. The van der Waals surface area contributed by atoms with Crippen molar-refractivity contribution in [1.29, 1.82) is 0 Å². The molecule has 0 spiro atoms. The van der Waals surface area contributed by atoms with Crippen LogP contribution in [0.1, 0.15) is 0 Å². The number of hydrogen-bond acceptors (Lipinski definition) is 2. The van der Waals surface area contributed by atoms with E-state index >= 15 is 0 Å². The first-order valence-corrected chi connectivity index (χ1v) is 11.3. The fourth-order valence-electron chi connectivity index (χ4n) is 5.64. The van der Waals surface area contributed by atoms with Crippen LogP contribution in [0, 0.1) is 0 Å². The Morgan fingerprint density at radius 1 is 0.419 bits per heavy atom. The summed E-state index contributed by atoms with van der Waals surface area (Å²) in [4.78, 5) is 0. The summed E-state index contributed by atoms with van der Waals surface area (Å²) >= 11 is 0. The van der Waals surface area contributed by atoms with E-state index in [2.05, 4.69) is 84.5 Å². The Morgan fingerprint density at radius 2 is 0.839 bits per heavy atom. The normalized spacial score (nSPS) is 13.0. The second-order valence-electron chi connectivity index (χ2n) is 9.71. The van der Waals surface area contributed by atoms with E-state index in [1.165, 1.54) is 71.0 Å². The third-order valence-electron chi connectivity index (χ3n) is 8.28. The molecule has 2 heterocycles. The van der Waals surface area contributed by atoms with Gasteiger partial charge in [-0.2, -0.15) is 0 Å². The zero-order valence-electron chi connectivity index (χ0n) is 20.5. The van der Waals surface area contributed by atoms with Crippen LogP contribution in [0.3, 0.4) is 0 Å². The van der Waals surface area contributed by atoms with Crippen molar-refractivity contribution in [1.82, 2.24) is 0 Å². The molecule has 0 saturated carbocycles. The molecule has 31 heavy (non-hydrogen) atoms. The van der Waals surface area contributed by atoms with Gasteiger partial charge in [0.05, 0.1) is 0 Å². The molecule has 0 fully saturated rings. The fourth-order valence-corrected chi connectivity index (χ4v) is 5.64. The van der Waals surface area contributed by atoms with Gasteiger partial charge in [-0.3, -0.25) is 0 Å². The standard InChI is InChI=1S/C18H21B11O2/c19-2-1-3(20)12-15(4(2)21)30-17-10(27)7(24)11(28)18-14(17)29(12)13-8(25)5(22)6(23)9(26)16(13)31-18/h1H,19-28H2. The molecule has 0 aromatic heterocycles. The number of hydrogen-bond donors (Lipinski definition) is 0. The largest absolute Gasteiger partial charge is 0.460 e. The SMILES string of the molecule is Bc1cc(B)c2c(c1B)Oc1c(B)c(B)c(B)c3c1B2c1c(B)c(B)c(B)c(B)c1O3. The summed E-state index contributed by atoms with van der Waals surface area (Å²) in [6.45, 7) is 0.132. The second kappa shape index (κ2) is 6.74. The highest BCUT2D eigenvalue weighted by Gasteiger charge is 2.44. The number of rotatable bonds is 0. The van der Waals surface area contributed by atoms with Crippen LogP contribution >= 0.6 is 0 Å². The maximum absolute atomic E-state index is 6.77. The van der Waals surface area contributed by atoms with Gasteiger partial charge in [0.15, 0.2) is 0 Å². The van der Waals surface area contributed by atoms with E-state index in [0.29, 0.717) is 0 Å². The van der Waals surface area contributed by atoms with Crippen LogP contribution < -0.4 is 80.5 Å². The van der Waals surface area contributed by atoms with Crippen molar-refractivity contribution in [2.45, 2.75) is 0 Å². The highest BCUT2D eigenvalue weighted by molar-refractivity contribution is 7.03. The van der Waals surface area contributed by atoms with Gasteiger partial charge in [0.25, 0.3) is 6.71 Å². The Balaban J connectivity index is 2.01. The summed E-state index contributed by atoms with van der Waals surface area (Å²) < 4.78 is 13.5. The minimum absolute atomic E-state index is 0.132. The number of ether oxygens (including phenoxy) is 2. The minimum Gasteiger partial charge on any atom is -0.460 e. The molecule has 5 rings (SSSR count). The van der Waals surface area contributed by atoms with Crippen LogP contribution in [-0.4, -0.2) is 85.2 Å². The van der Waals surface area contributed by atoms with Crippen molar-refractivity contribution in [3.8, 4) is 23.0 Å². The van der Waals surface area contributed by atoms with Crippen molar-refractivity contribution < 1.29 is 9.47 Å². The van der Waals surface area contributed by atoms with Crippen molar-refractivity contribution >= 4 is 156 Å². The van der Waals surface area contributed by atoms with Gasteiger partial charge in [-0.15, -0.1) is 5.46 Å². The maximum Gasteiger partial charge on any atom is 0.259 e. The molecule has 0 aliphatic carbocycles. The molecule has 0 amide bonds. The minimum atomic E-state index is 0.132. The van der Waals surface area contributed by atoms with E-state index in [1.54, 1.807) is 0 Å². The zero-order valence-corrected chi connectivity index (χ0v) is 20.5. The fraction of sp³-hybridized carbons (Fsp3) is 0. The van der Waals surface area contributed by atoms with E-state index < -0.39 is 0 Å². The van der Waals surface area contributed by atoms with Gasteiger partial charge in [-0.1, -0.05) is 55.2 Å². The number of fused-ring (bicyclic) bond motifs is 4. The summed E-state index contributed by atoms with van der Waals surface area (Å²) in [7, 11) is 22.1. The lowest BCUT2D eigenvalue weighted by Crippen LogP contribution is -2.71. The van der Waals surface area contributed by atoms with E-state index in [0.717, 1.165) is 23.0 Å². The smallest absolute Gasteiger partial charge is 0.259 e. The molecule has 3 aromatic rings. The van der Waals surface area contributed by atoms with Crippen molar-refractivity contribution in [3.63, 3.8) is 0 Å². The summed E-state index contributed by atoms with van der Waals surface area (Å²) in [6.07, 6.45) is 0. The van der Waals surface area contributed by atoms with Gasteiger partial charge in [0, 0.05) is 5.46 Å². The summed E-state index contributed by atoms with van der Waals surface area (Å²) in [5.74, 6) is 4.06. The Kier molecular flexibility index (Phi) is 4.53. The summed E-state index contributed by atoms with van der Waals surface area (Å²) in [6, 6.07) is 2.31. The first-order valence-electron chi connectivity index (χ1n) is 11.3. The molecule has 0 bridgehead atoms. The molecular weight excluding hydrogens is 367 g/mol. The van der Waals surface area contributed by atoms with E-state index in [-0.39, 0.29) is 6.71 Å². The summed E-state index contributed by atoms with van der Waals surface area (Å²) in [5.41, 5.74) is 16.6. The van der Waals surface area contributed by atoms with Gasteiger partial charge in [0.2, 0.25) is 0 Å². The Hall–Kier alpha value is -2.03. The first-order chi connectivity index (χ1) is 14.6. The second-order valence-corrected chi connectivity index (χ2v) is 9.71. The Labute approximate surface area is 194 Å². The van der Waals surface area contributed by atoms with Gasteiger partial charge in [-0.05, 0) is 10.9 Å². The molecule has 0 radical (unpaired) electrons. The Bertz CT molecular complexity index is 1300. The Morgan fingerprint density at radius 3 is 1.39 bits per heavy atom. The lowest BCUT2D eigenvalue weighted by atomic mass is 9.30. The molecule has 13 heteroatoms. The van der Waals surface area contributed by atoms with Gasteiger partial charge < -0.3 is 9.47 Å². The van der Waals surface area contributed by atoms with Crippen LogP contribution in [-0.2, 0) is 0 Å². The molecule has 0 unspecified atom stereocenters. The topological polar surface area (TPSA) is 18.5 Å². The first kappa shape index (κ1) is 20.9. The summed E-state index contributed by atoms with van der Waals surface area (Å²) in [5, 5.41) is 0. The molecule has 3 aromatic carbocycles. The molecule has 138 valence electrons.